The van der Waals surface area contributed by atoms with Gasteiger partial charge in [0.25, 0.3) is 5.56 Å². The lowest BCUT2D eigenvalue weighted by Crippen LogP contribution is -2.20. The number of para-hydroxylation sites is 1. The average molecular weight is 247 g/mol. The monoisotopic (exact) mass is 247 g/mol. The summed E-state index contributed by atoms with van der Waals surface area (Å²) in [5.41, 5.74) is 0.296. The van der Waals surface area contributed by atoms with Crippen molar-refractivity contribution in [2.75, 3.05) is 0 Å². The number of benzene rings is 1. The zero-order chi connectivity index (χ0) is 13.1. The maximum atomic E-state index is 11.8. The molecule has 2 N–H and O–H groups in total. The molecule has 0 aliphatic rings. The number of pyridine rings is 1. The maximum Gasteiger partial charge on any atom is 0.303 e. The Morgan fingerprint density at radius 3 is 2.72 bits per heavy atom. The van der Waals surface area contributed by atoms with Gasteiger partial charge in [-0.2, -0.15) is 0 Å². The summed E-state index contributed by atoms with van der Waals surface area (Å²) in [4.78, 5) is 22.3. The van der Waals surface area contributed by atoms with Crippen LogP contribution in [-0.4, -0.2) is 20.7 Å². The second kappa shape index (κ2) is 4.91. The third-order valence-corrected chi connectivity index (χ3v) is 2.77. The molecule has 1 aromatic heterocycles. The second-order valence-corrected chi connectivity index (χ2v) is 4.03. The minimum Gasteiger partial charge on any atom is -0.507 e. The summed E-state index contributed by atoms with van der Waals surface area (Å²) in [5, 5.41) is 18.9. The van der Waals surface area contributed by atoms with Crippen molar-refractivity contribution in [3.05, 3.63) is 40.7 Å². The number of hydrogen-bond donors (Lipinski definition) is 2. The predicted molar refractivity (Wildman–Crippen MR) is 66.7 cm³/mol. The lowest BCUT2D eigenvalue weighted by molar-refractivity contribution is -0.137. The Bertz CT molecular complexity index is 645. The molecule has 0 atom stereocenters. The van der Waals surface area contributed by atoms with Crippen LogP contribution in [0.25, 0.3) is 10.9 Å². The van der Waals surface area contributed by atoms with Crippen LogP contribution in [0.3, 0.4) is 0 Å². The third-order valence-electron chi connectivity index (χ3n) is 2.77. The maximum absolute atomic E-state index is 11.8. The average Bonchev–Trinajstić information content (AvgIpc) is 2.33. The SMILES string of the molecule is O=C(O)CCCn1c(=O)cc(O)c2ccccc21. The topological polar surface area (TPSA) is 79.5 Å². The zero-order valence-corrected chi connectivity index (χ0v) is 9.67. The van der Waals surface area contributed by atoms with E-state index < -0.39 is 5.97 Å². The lowest BCUT2D eigenvalue weighted by atomic mass is 10.2. The number of carboxylic acid groups (broad SMARTS) is 1. The summed E-state index contributed by atoms with van der Waals surface area (Å²) < 4.78 is 1.48. The van der Waals surface area contributed by atoms with Crippen molar-refractivity contribution in [2.24, 2.45) is 0 Å². The highest BCUT2D eigenvalue weighted by atomic mass is 16.4. The molecule has 0 bridgehead atoms. The largest absolute Gasteiger partial charge is 0.507 e. The molecule has 5 nitrogen and oxygen atoms in total. The Morgan fingerprint density at radius 2 is 2.00 bits per heavy atom. The molecule has 1 heterocycles. The summed E-state index contributed by atoms with van der Waals surface area (Å²) in [5.74, 6) is -0.934. The third kappa shape index (κ3) is 2.34. The van der Waals surface area contributed by atoms with E-state index in [1.165, 1.54) is 4.57 Å². The highest BCUT2D eigenvalue weighted by Gasteiger charge is 2.07. The quantitative estimate of drug-likeness (QED) is 0.859. The van der Waals surface area contributed by atoms with Gasteiger partial charge in [0.1, 0.15) is 5.75 Å². The first-order valence-electron chi connectivity index (χ1n) is 5.63. The molecule has 0 aliphatic heterocycles. The molecule has 0 saturated carbocycles. The molecule has 94 valence electrons. The van der Waals surface area contributed by atoms with Crippen LogP contribution in [0.4, 0.5) is 0 Å². The summed E-state index contributed by atoms with van der Waals surface area (Å²) >= 11 is 0. The van der Waals surface area contributed by atoms with Gasteiger partial charge in [0.15, 0.2) is 0 Å². The van der Waals surface area contributed by atoms with Gasteiger partial charge in [-0.3, -0.25) is 9.59 Å². The summed E-state index contributed by atoms with van der Waals surface area (Å²) in [6, 6.07) is 8.15. The molecule has 0 spiro atoms. The normalized spacial score (nSPS) is 10.7. The van der Waals surface area contributed by atoms with Gasteiger partial charge in [-0.05, 0) is 18.6 Å². The second-order valence-electron chi connectivity index (χ2n) is 4.03. The fourth-order valence-corrected chi connectivity index (χ4v) is 1.94. The number of rotatable bonds is 4. The van der Waals surface area contributed by atoms with Crippen LogP contribution in [0.2, 0.25) is 0 Å². The Morgan fingerprint density at radius 1 is 1.28 bits per heavy atom. The first-order valence-corrected chi connectivity index (χ1v) is 5.63. The Labute approximate surface area is 103 Å². The molecule has 0 radical (unpaired) electrons. The van der Waals surface area contributed by atoms with Crippen molar-refractivity contribution in [2.45, 2.75) is 19.4 Å². The van der Waals surface area contributed by atoms with Crippen molar-refractivity contribution < 1.29 is 15.0 Å². The van der Waals surface area contributed by atoms with E-state index in [-0.39, 0.29) is 17.7 Å². The minimum absolute atomic E-state index is 0.0155. The summed E-state index contributed by atoms with van der Waals surface area (Å²) in [6.07, 6.45) is 0.394. The van der Waals surface area contributed by atoms with Gasteiger partial charge in [0.2, 0.25) is 0 Å². The van der Waals surface area contributed by atoms with Gasteiger partial charge < -0.3 is 14.8 Å². The van der Waals surface area contributed by atoms with Gasteiger partial charge in [0.05, 0.1) is 5.52 Å². The fraction of sp³-hybridized carbons (Fsp3) is 0.231. The van der Waals surface area contributed by atoms with Gasteiger partial charge in [-0.1, -0.05) is 12.1 Å². The zero-order valence-electron chi connectivity index (χ0n) is 9.67. The Balaban J connectivity index is 2.43. The van der Waals surface area contributed by atoms with Gasteiger partial charge in [-0.15, -0.1) is 0 Å². The number of fused-ring (bicyclic) bond motifs is 1. The van der Waals surface area contributed by atoms with E-state index in [0.29, 0.717) is 23.9 Å². The van der Waals surface area contributed by atoms with Crippen LogP contribution in [0.15, 0.2) is 35.1 Å². The highest BCUT2D eigenvalue weighted by molar-refractivity contribution is 5.84. The number of carboxylic acids is 1. The molecular weight excluding hydrogens is 234 g/mol. The molecule has 0 aliphatic carbocycles. The van der Waals surface area contributed by atoms with Crippen molar-refractivity contribution in [3.63, 3.8) is 0 Å². The molecule has 2 aromatic rings. The molecule has 5 heteroatoms. The van der Waals surface area contributed by atoms with Crippen LogP contribution in [-0.2, 0) is 11.3 Å². The Kier molecular flexibility index (Phi) is 3.32. The van der Waals surface area contributed by atoms with Gasteiger partial charge >= 0.3 is 5.97 Å². The molecule has 2 rings (SSSR count). The number of aliphatic carboxylic acids is 1. The molecule has 0 unspecified atom stereocenters. The van der Waals surface area contributed by atoms with E-state index in [9.17, 15) is 14.7 Å². The number of carbonyl (C=O) groups is 1. The fourth-order valence-electron chi connectivity index (χ4n) is 1.94. The lowest BCUT2D eigenvalue weighted by Gasteiger charge is -2.10. The molecule has 0 amide bonds. The molecule has 1 aromatic carbocycles. The van der Waals surface area contributed by atoms with Crippen molar-refractivity contribution in [3.8, 4) is 5.75 Å². The molecule has 0 fully saturated rings. The number of aryl methyl sites for hydroxylation is 1. The highest BCUT2D eigenvalue weighted by Crippen LogP contribution is 2.21. The Hall–Kier alpha value is -2.30. The number of aromatic nitrogens is 1. The number of nitrogens with zero attached hydrogens (tertiary/aromatic N) is 1. The number of aromatic hydroxyl groups is 1. The van der Waals surface area contributed by atoms with Gasteiger partial charge in [0, 0.05) is 24.4 Å². The minimum atomic E-state index is -0.883. The molecule has 0 saturated heterocycles. The van der Waals surface area contributed by atoms with Crippen LogP contribution in [0, 0.1) is 0 Å². The van der Waals surface area contributed by atoms with Gasteiger partial charge in [-0.25, -0.2) is 0 Å². The van der Waals surface area contributed by atoms with E-state index in [1.807, 2.05) is 0 Å². The number of hydrogen-bond acceptors (Lipinski definition) is 3. The van der Waals surface area contributed by atoms with Crippen molar-refractivity contribution >= 4 is 16.9 Å². The van der Waals surface area contributed by atoms with Crippen LogP contribution < -0.4 is 5.56 Å². The van der Waals surface area contributed by atoms with Crippen LogP contribution >= 0.6 is 0 Å². The standard InChI is InChI=1S/C13H13NO4/c15-11-8-12(16)14(7-3-6-13(17)18)10-5-2-1-4-9(10)11/h1-2,4-5,8,15H,3,6-7H2,(H,17,18). The predicted octanol–water partition coefficient (Wildman–Crippen LogP) is 1.57. The molecule has 18 heavy (non-hydrogen) atoms. The molecular formula is C13H13NO4. The first-order chi connectivity index (χ1) is 8.59. The summed E-state index contributed by atoms with van der Waals surface area (Å²) in [6.45, 7) is 0.325. The van der Waals surface area contributed by atoms with Crippen molar-refractivity contribution in [1.29, 1.82) is 0 Å². The van der Waals surface area contributed by atoms with E-state index >= 15 is 0 Å². The van der Waals surface area contributed by atoms with Crippen LogP contribution in [0.1, 0.15) is 12.8 Å². The van der Waals surface area contributed by atoms with Crippen molar-refractivity contribution in [1.82, 2.24) is 4.57 Å². The van der Waals surface area contributed by atoms with E-state index in [1.54, 1.807) is 24.3 Å². The summed E-state index contributed by atoms with van der Waals surface area (Å²) in [7, 11) is 0. The van der Waals surface area contributed by atoms with E-state index in [4.69, 9.17) is 5.11 Å². The van der Waals surface area contributed by atoms with E-state index in [2.05, 4.69) is 0 Å². The van der Waals surface area contributed by atoms with E-state index in [0.717, 1.165) is 6.07 Å². The van der Waals surface area contributed by atoms with Crippen LogP contribution in [0.5, 0.6) is 5.75 Å². The smallest absolute Gasteiger partial charge is 0.303 e. The first kappa shape index (κ1) is 12.2.